The van der Waals surface area contributed by atoms with Crippen molar-refractivity contribution in [2.45, 2.75) is 33.1 Å². The lowest BCUT2D eigenvalue weighted by molar-refractivity contribution is -0.907. The molecule has 1 amide bonds. The Bertz CT molecular complexity index is 784. The Labute approximate surface area is 153 Å². The van der Waals surface area contributed by atoms with Crippen LogP contribution in [0.25, 0.3) is 10.9 Å². The van der Waals surface area contributed by atoms with Crippen LogP contribution in [-0.4, -0.2) is 43.1 Å². The lowest BCUT2D eigenvalue weighted by Crippen LogP contribution is -3.13. The van der Waals surface area contributed by atoms with E-state index in [0.717, 1.165) is 36.5 Å². The Morgan fingerprint density at radius 3 is 2.92 bits per heavy atom. The molecule has 1 aliphatic heterocycles. The number of aromatic amines is 1. The first-order valence-corrected chi connectivity index (χ1v) is 9.49. The quantitative estimate of drug-likeness (QED) is 0.691. The molecule has 6 heteroatoms. The van der Waals surface area contributed by atoms with E-state index in [1.807, 2.05) is 24.3 Å². The van der Waals surface area contributed by atoms with Crippen molar-refractivity contribution >= 4 is 28.5 Å². The number of carbonyl (C=O) groups is 2. The molecule has 3 rings (SSSR count). The Hall–Kier alpha value is -2.34. The Balaban J connectivity index is 1.71. The molecule has 26 heavy (non-hydrogen) atoms. The number of ether oxygens (including phenoxy) is 1. The minimum Gasteiger partial charge on any atom is -0.461 e. The molecule has 0 bridgehead atoms. The van der Waals surface area contributed by atoms with Crippen LogP contribution in [0.1, 0.15) is 43.6 Å². The van der Waals surface area contributed by atoms with Crippen molar-refractivity contribution in [2.24, 2.45) is 5.92 Å². The lowest BCUT2D eigenvalue weighted by atomic mass is 10.0. The van der Waals surface area contributed by atoms with Gasteiger partial charge in [-0.05, 0) is 25.8 Å². The van der Waals surface area contributed by atoms with Crippen molar-refractivity contribution < 1.29 is 19.2 Å². The summed E-state index contributed by atoms with van der Waals surface area (Å²) < 4.78 is 5.12. The van der Waals surface area contributed by atoms with Crippen molar-refractivity contribution in [3.8, 4) is 0 Å². The number of H-pyrrole nitrogens is 1. The number of para-hydroxylation sites is 1. The van der Waals surface area contributed by atoms with Crippen LogP contribution in [0.4, 0.5) is 5.69 Å². The van der Waals surface area contributed by atoms with E-state index in [9.17, 15) is 9.59 Å². The minimum absolute atomic E-state index is 0.0639. The van der Waals surface area contributed by atoms with E-state index < -0.39 is 5.97 Å². The van der Waals surface area contributed by atoms with Gasteiger partial charge in [-0.3, -0.25) is 4.79 Å². The van der Waals surface area contributed by atoms with Gasteiger partial charge in [-0.25, -0.2) is 4.79 Å². The first-order valence-electron chi connectivity index (χ1n) is 9.49. The summed E-state index contributed by atoms with van der Waals surface area (Å²) in [6, 6.07) is 7.55. The third-order valence-corrected chi connectivity index (χ3v) is 5.02. The molecule has 140 valence electrons. The van der Waals surface area contributed by atoms with Crippen LogP contribution in [0.2, 0.25) is 0 Å². The zero-order chi connectivity index (χ0) is 18.5. The van der Waals surface area contributed by atoms with E-state index in [1.54, 1.807) is 6.92 Å². The summed E-state index contributed by atoms with van der Waals surface area (Å²) >= 11 is 0. The summed E-state index contributed by atoms with van der Waals surface area (Å²) in [7, 11) is 0. The molecule has 1 fully saturated rings. The fourth-order valence-electron chi connectivity index (χ4n) is 3.74. The number of rotatable bonds is 6. The average Bonchev–Trinajstić information content (AvgIpc) is 2.99. The standard InChI is InChI=1S/C20H27N3O3/c1-3-26-20(25)19-18(15-8-4-5-9-16(15)21-19)22-17(24)10-12-23-11-6-7-14(2)13-23/h4-5,8-9,14,21H,3,6-7,10-13H2,1-2H3,(H,22,24)/p+1/t14-/m1/s1. The number of likely N-dealkylation sites (tertiary alicyclic amines) is 1. The second-order valence-corrected chi connectivity index (χ2v) is 7.14. The van der Waals surface area contributed by atoms with Crippen molar-refractivity contribution in [2.75, 3.05) is 31.6 Å². The fourth-order valence-corrected chi connectivity index (χ4v) is 3.74. The van der Waals surface area contributed by atoms with Gasteiger partial charge in [-0.15, -0.1) is 0 Å². The Morgan fingerprint density at radius 1 is 1.35 bits per heavy atom. The normalized spacial score (nSPS) is 20.1. The van der Waals surface area contributed by atoms with Crippen LogP contribution in [-0.2, 0) is 9.53 Å². The zero-order valence-corrected chi connectivity index (χ0v) is 15.6. The molecule has 0 radical (unpaired) electrons. The van der Waals surface area contributed by atoms with E-state index in [0.29, 0.717) is 17.8 Å². The molecule has 0 spiro atoms. The molecule has 6 nitrogen and oxygen atoms in total. The highest BCUT2D eigenvalue weighted by Crippen LogP contribution is 2.28. The molecule has 1 aromatic carbocycles. The smallest absolute Gasteiger partial charge is 0.356 e. The average molecular weight is 358 g/mol. The number of carbonyl (C=O) groups excluding carboxylic acids is 2. The van der Waals surface area contributed by atoms with Gasteiger partial charge in [0.2, 0.25) is 5.91 Å². The highest BCUT2D eigenvalue weighted by atomic mass is 16.5. The summed E-state index contributed by atoms with van der Waals surface area (Å²) in [5, 5.41) is 3.76. The van der Waals surface area contributed by atoms with Crippen LogP contribution in [0.3, 0.4) is 0 Å². The summed E-state index contributed by atoms with van der Waals surface area (Å²) in [4.78, 5) is 29.3. The maximum atomic E-state index is 12.5. The number of esters is 1. The van der Waals surface area contributed by atoms with Gasteiger partial charge in [0.05, 0.1) is 38.3 Å². The maximum Gasteiger partial charge on any atom is 0.356 e. The number of piperidine rings is 1. The van der Waals surface area contributed by atoms with E-state index in [4.69, 9.17) is 4.74 Å². The Kier molecular flexibility index (Phi) is 5.93. The van der Waals surface area contributed by atoms with Crippen molar-refractivity contribution in [1.82, 2.24) is 4.98 Å². The zero-order valence-electron chi connectivity index (χ0n) is 15.6. The fraction of sp³-hybridized carbons (Fsp3) is 0.500. The second-order valence-electron chi connectivity index (χ2n) is 7.14. The van der Waals surface area contributed by atoms with Gasteiger partial charge in [0.1, 0.15) is 5.69 Å². The molecule has 1 aliphatic rings. The Morgan fingerprint density at radius 2 is 2.15 bits per heavy atom. The molecular weight excluding hydrogens is 330 g/mol. The predicted octanol–water partition coefficient (Wildman–Crippen LogP) is 1.99. The van der Waals surface area contributed by atoms with Crippen LogP contribution >= 0.6 is 0 Å². The molecule has 2 atom stereocenters. The monoisotopic (exact) mass is 358 g/mol. The molecule has 2 heterocycles. The summed E-state index contributed by atoms with van der Waals surface area (Å²) in [6.45, 7) is 7.43. The highest BCUT2D eigenvalue weighted by molar-refractivity contribution is 6.10. The van der Waals surface area contributed by atoms with Gasteiger partial charge in [0.25, 0.3) is 0 Å². The van der Waals surface area contributed by atoms with E-state index in [-0.39, 0.29) is 12.5 Å². The first kappa shape index (κ1) is 18.5. The number of anilines is 1. The van der Waals surface area contributed by atoms with Gasteiger partial charge < -0.3 is 19.9 Å². The molecule has 0 aliphatic carbocycles. The van der Waals surface area contributed by atoms with Crippen LogP contribution < -0.4 is 10.2 Å². The van der Waals surface area contributed by atoms with Crippen molar-refractivity contribution in [3.63, 3.8) is 0 Å². The van der Waals surface area contributed by atoms with Crippen molar-refractivity contribution in [1.29, 1.82) is 0 Å². The van der Waals surface area contributed by atoms with E-state index in [2.05, 4.69) is 17.2 Å². The number of aromatic nitrogens is 1. The predicted molar refractivity (Wildman–Crippen MR) is 101 cm³/mol. The number of hydrogen-bond donors (Lipinski definition) is 3. The number of benzene rings is 1. The van der Waals surface area contributed by atoms with Crippen LogP contribution in [0.15, 0.2) is 24.3 Å². The molecule has 1 saturated heterocycles. The third kappa shape index (κ3) is 4.25. The highest BCUT2D eigenvalue weighted by Gasteiger charge is 2.23. The van der Waals surface area contributed by atoms with Gasteiger partial charge in [0, 0.05) is 16.8 Å². The first-order chi connectivity index (χ1) is 12.6. The summed E-state index contributed by atoms with van der Waals surface area (Å²) in [5.41, 5.74) is 1.63. The molecular formula is C20H28N3O3+. The third-order valence-electron chi connectivity index (χ3n) is 5.02. The van der Waals surface area contributed by atoms with Crippen LogP contribution in [0, 0.1) is 5.92 Å². The van der Waals surface area contributed by atoms with Gasteiger partial charge in [0.15, 0.2) is 0 Å². The summed E-state index contributed by atoms with van der Waals surface area (Å²) in [6.07, 6.45) is 2.96. The largest absolute Gasteiger partial charge is 0.461 e. The minimum atomic E-state index is -0.450. The van der Waals surface area contributed by atoms with Gasteiger partial charge in [-0.1, -0.05) is 25.1 Å². The molecule has 3 N–H and O–H groups in total. The number of hydrogen-bond acceptors (Lipinski definition) is 3. The van der Waals surface area contributed by atoms with E-state index in [1.165, 1.54) is 17.7 Å². The topological polar surface area (TPSA) is 75.6 Å². The molecule has 1 aromatic heterocycles. The lowest BCUT2D eigenvalue weighted by Gasteiger charge is -2.27. The number of fused-ring (bicyclic) bond motifs is 1. The number of amides is 1. The maximum absolute atomic E-state index is 12.5. The number of quaternary nitrogens is 1. The van der Waals surface area contributed by atoms with Crippen molar-refractivity contribution in [3.05, 3.63) is 30.0 Å². The van der Waals surface area contributed by atoms with Gasteiger partial charge in [-0.2, -0.15) is 0 Å². The molecule has 0 saturated carbocycles. The summed E-state index contributed by atoms with van der Waals surface area (Å²) in [5.74, 6) is 0.214. The SMILES string of the molecule is CCOC(=O)c1[nH]c2ccccc2c1NC(=O)CC[NH+]1CCC[C@@H](C)C1. The van der Waals surface area contributed by atoms with Gasteiger partial charge >= 0.3 is 5.97 Å². The van der Waals surface area contributed by atoms with Crippen LogP contribution in [0.5, 0.6) is 0 Å². The van der Waals surface area contributed by atoms with E-state index >= 15 is 0 Å². The second kappa shape index (κ2) is 8.36. The molecule has 1 unspecified atom stereocenters. The molecule has 2 aromatic rings. The number of nitrogens with one attached hydrogen (secondary N) is 3.